The van der Waals surface area contributed by atoms with Gasteiger partial charge in [-0.05, 0) is 30.5 Å². The lowest BCUT2D eigenvalue weighted by atomic mass is 10.0. The van der Waals surface area contributed by atoms with Crippen molar-refractivity contribution in [2.45, 2.75) is 18.9 Å². The summed E-state index contributed by atoms with van der Waals surface area (Å²) in [5.41, 5.74) is 11.7. The number of amides is 2. The third kappa shape index (κ3) is 3.49. The van der Waals surface area contributed by atoms with Crippen molar-refractivity contribution in [3.8, 4) is 0 Å². The molecule has 2 amide bonds. The Labute approximate surface area is 165 Å². The Kier molecular flexibility index (Phi) is 4.85. The van der Waals surface area contributed by atoms with Crippen LogP contribution >= 0.6 is 11.6 Å². The van der Waals surface area contributed by atoms with Crippen LogP contribution in [-0.2, 0) is 11.2 Å². The lowest BCUT2D eigenvalue weighted by Gasteiger charge is -2.13. The first kappa shape index (κ1) is 18.2. The fraction of sp³-hybridized carbons (Fsp3) is 0.150. The van der Waals surface area contributed by atoms with E-state index in [1.165, 1.54) is 6.21 Å². The maximum atomic E-state index is 12.5. The van der Waals surface area contributed by atoms with Gasteiger partial charge in [0.25, 0.3) is 5.91 Å². The van der Waals surface area contributed by atoms with Crippen LogP contribution in [0.2, 0.25) is 5.15 Å². The van der Waals surface area contributed by atoms with Crippen LogP contribution in [0.15, 0.2) is 47.6 Å². The number of aromatic nitrogens is 1. The standard InChI is InChI=1S/C20H18ClN5O2/c21-18-14-10-23-26-19(27)13-8-12(9-16(25-18)17(13)14)24-20(28)15(22)7-6-11-4-2-1-3-5-11/h1-5,8-10,15,25H,6-7,22H2,(H,24,28)(H,26,27)/t15-/m1/s1. The van der Waals surface area contributed by atoms with Crippen LogP contribution in [-0.4, -0.2) is 29.1 Å². The van der Waals surface area contributed by atoms with E-state index in [2.05, 4.69) is 20.8 Å². The topological polar surface area (TPSA) is 112 Å². The highest BCUT2D eigenvalue weighted by Gasteiger charge is 2.22. The molecule has 8 heteroatoms. The third-order valence-electron chi connectivity index (χ3n) is 4.68. The highest BCUT2D eigenvalue weighted by Crippen LogP contribution is 2.31. The number of aromatic amines is 1. The third-order valence-corrected chi connectivity index (χ3v) is 4.98. The van der Waals surface area contributed by atoms with Gasteiger partial charge in [-0.1, -0.05) is 41.9 Å². The molecule has 28 heavy (non-hydrogen) atoms. The normalized spacial score (nSPS) is 13.9. The molecule has 0 aliphatic carbocycles. The summed E-state index contributed by atoms with van der Waals surface area (Å²) in [7, 11) is 0. The molecular formula is C20H18ClN5O2. The predicted octanol–water partition coefficient (Wildman–Crippen LogP) is 2.80. The predicted molar refractivity (Wildman–Crippen MR) is 110 cm³/mol. The summed E-state index contributed by atoms with van der Waals surface area (Å²) in [6, 6.07) is 12.5. The average molecular weight is 396 g/mol. The molecule has 2 aromatic carbocycles. The van der Waals surface area contributed by atoms with E-state index in [9.17, 15) is 9.59 Å². The summed E-state index contributed by atoms with van der Waals surface area (Å²) in [6.07, 6.45) is 2.71. The second kappa shape index (κ2) is 7.46. The first-order chi connectivity index (χ1) is 13.5. The van der Waals surface area contributed by atoms with E-state index in [4.69, 9.17) is 17.3 Å². The molecule has 3 aromatic rings. The molecule has 1 aliphatic rings. The Morgan fingerprint density at radius 1 is 1.25 bits per heavy atom. The molecular weight excluding hydrogens is 378 g/mol. The number of hydrogen-bond acceptors (Lipinski definition) is 4. The molecule has 5 N–H and O–H groups in total. The molecule has 1 aromatic heterocycles. The molecule has 0 unspecified atom stereocenters. The number of nitrogens with one attached hydrogen (secondary N) is 3. The van der Waals surface area contributed by atoms with Crippen molar-refractivity contribution in [1.82, 2.24) is 10.4 Å². The van der Waals surface area contributed by atoms with Gasteiger partial charge in [-0.25, -0.2) is 5.43 Å². The molecule has 142 valence electrons. The summed E-state index contributed by atoms with van der Waals surface area (Å²) in [4.78, 5) is 27.8. The van der Waals surface area contributed by atoms with Gasteiger partial charge in [0.05, 0.1) is 23.3 Å². The van der Waals surface area contributed by atoms with Crippen LogP contribution < -0.4 is 16.5 Å². The summed E-state index contributed by atoms with van der Waals surface area (Å²) in [6.45, 7) is 0. The Bertz CT molecular complexity index is 1090. The minimum absolute atomic E-state index is 0.314. The van der Waals surface area contributed by atoms with Gasteiger partial charge < -0.3 is 16.0 Å². The monoisotopic (exact) mass is 395 g/mol. The number of rotatable bonds is 5. The fourth-order valence-corrected chi connectivity index (χ4v) is 3.49. The number of halogens is 1. The van der Waals surface area contributed by atoms with Gasteiger partial charge in [0, 0.05) is 16.6 Å². The average Bonchev–Trinajstić information content (AvgIpc) is 2.90. The molecule has 0 bridgehead atoms. The quantitative estimate of drug-likeness (QED) is 0.532. The number of nitrogens with zero attached hydrogens (tertiary/aromatic N) is 1. The number of hydrogen-bond donors (Lipinski definition) is 4. The Hall–Kier alpha value is -3.16. The van der Waals surface area contributed by atoms with Crippen LogP contribution in [0.25, 0.3) is 10.9 Å². The molecule has 0 radical (unpaired) electrons. The Morgan fingerprint density at radius 3 is 2.82 bits per heavy atom. The van der Waals surface area contributed by atoms with Gasteiger partial charge in [-0.2, -0.15) is 5.10 Å². The number of carbonyl (C=O) groups is 2. The zero-order chi connectivity index (χ0) is 19.7. The van der Waals surface area contributed by atoms with Crippen molar-refractivity contribution in [1.29, 1.82) is 0 Å². The van der Waals surface area contributed by atoms with Crippen molar-refractivity contribution in [3.05, 3.63) is 64.3 Å². The molecule has 2 heterocycles. The van der Waals surface area contributed by atoms with Crippen LogP contribution in [0.3, 0.4) is 0 Å². The van der Waals surface area contributed by atoms with Crippen LogP contribution in [0.1, 0.15) is 27.9 Å². The minimum Gasteiger partial charge on any atom is -0.345 e. The molecule has 1 atom stereocenters. The van der Waals surface area contributed by atoms with Gasteiger partial charge in [0.2, 0.25) is 5.91 Å². The minimum atomic E-state index is -0.671. The zero-order valence-electron chi connectivity index (χ0n) is 14.8. The van der Waals surface area contributed by atoms with E-state index in [-0.39, 0.29) is 11.8 Å². The van der Waals surface area contributed by atoms with Gasteiger partial charge in [0.15, 0.2) is 0 Å². The van der Waals surface area contributed by atoms with E-state index in [1.807, 2.05) is 30.3 Å². The molecule has 0 spiro atoms. The number of carbonyl (C=O) groups excluding carboxylic acids is 2. The molecule has 7 nitrogen and oxygen atoms in total. The number of anilines is 1. The van der Waals surface area contributed by atoms with Crippen molar-refractivity contribution in [3.63, 3.8) is 0 Å². The van der Waals surface area contributed by atoms with Gasteiger partial charge in [-0.3, -0.25) is 9.59 Å². The smallest absolute Gasteiger partial charge is 0.272 e. The van der Waals surface area contributed by atoms with Crippen LogP contribution in [0.5, 0.6) is 0 Å². The Balaban J connectivity index is 1.54. The van der Waals surface area contributed by atoms with Crippen molar-refractivity contribution in [2.24, 2.45) is 10.8 Å². The maximum absolute atomic E-state index is 12.5. The van der Waals surface area contributed by atoms with Crippen molar-refractivity contribution < 1.29 is 9.59 Å². The number of H-pyrrole nitrogens is 1. The van der Waals surface area contributed by atoms with Gasteiger partial charge in [-0.15, -0.1) is 0 Å². The lowest BCUT2D eigenvalue weighted by molar-refractivity contribution is -0.117. The van der Waals surface area contributed by atoms with Gasteiger partial charge >= 0.3 is 0 Å². The number of benzene rings is 2. The fourth-order valence-electron chi connectivity index (χ4n) is 3.25. The first-order valence-electron chi connectivity index (χ1n) is 8.82. The van der Waals surface area contributed by atoms with Crippen LogP contribution in [0, 0.1) is 0 Å². The summed E-state index contributed by atoms with van der Waals surface area (Å²) in [5, 5.41) is 7.69. The van der Waals surface area contributed by atoms with E-state index in [0.29, 0.717) is 45.7 Å². The molecule has 0 saturated heterocycles. The molecule has 1 aliphatic heterocycles. The highest BCUT2D eigenvalue weighted by molar-refractivity contribution is 6.35. The number of hydrazone groups is 1. The summed E-state index contributed by atoms with van der Waals surface area (Å²) < 4.78 is 0. The molecule has 4 rings (SSSR count). The van der Waals surface area contributed by atoms with E-state index >= 15 is 0 Å². The highest BCUT2D eigenvalue weighted by atomic mass is 35.5. The zero-order valence-corrected chi connectivity index (χ0v) is 15.6. The Morgan fingerprint density at radius 2 is 2.04 bits per heavy atom. The molecule has 0 saturated carbocycles. The SMILES string of the molecule is N[C@H](CCc1ccccc1)C(=O)Nc1cc2c3c(c(Cl)[nH]c3c1)C=NNC2=O. The largest absolute Gasteiger partial charge is 0.345 e. The van der Waals surface area contributed by atoms with E-state index in [0.717, 1.165) is 5.56 Å². The number of aryl methyl sites for hydroxylation is 1. The second-order valence-corrected chi connectivity index (χ2v) is 7.00. The summed E-state index contributed by atoms with van der Waals surface area (Å²) >= 11 is 6.21. The van der Waals surface area contributed by atoms with Crippen molar-refractivity contribution >= 4 is 46.2 Å². The van der Waals surface area contributed by atoms with E-state index < -0.39 is 6.04 Å². The van der Waals surface area contributed by atoms with Crippen molar-refractivity contribution in [2.75, 3.05) is 5.32 Å². The number of nitrogens with two attached hydrogens (primary N) is 1. The maximum Gasteiger partial charge on any atom is 0.272 e. The van der Waals surface area contributed by atoms with Crippen LogP contribution in [0.4, 0.5) is 5.69 Å². The van der Waals surface area contributed by atoms with E-state index in [1.54, 1.807) is 12.1 Å². The summed E-state index contributed by atoms with van der Waals surface area (Å²) in [5.74, 6) is -0.689. The van der Waals surface area contributed by atoms with Gasteiger partial charge in [0.1, 0.15) is 5.15 Å². The second-order valence-electron chi connectivity index (χ2n) is 6.62. The molecule has 0 fully saturated rings. The first-order valence-corrected chi connectivity index (χ1v) is 9.19. The lowest BCUT2D eigenvalue weighted by Crippen LogP contribution is -2.36.